The van der Waals surface area contributed by atoms with Crippen LogP contribution in [-0.2, 0) is 11.3 Å². The van der Waals surface area contributed by atoms with Crippen molar-refractivity contribution in [1.82, 2.24) is 9.55 Å². The summed E-state index contributed by atoms with van der Waals surface area (Å²) in [7, 11) is 1.62. The molecule has 2 aromatic carbocycles. The van der Waals surface area contributed by atoms with Gasteiger partial charge in [-0.25, -0.2) is 9.78 Å². The van der Waals surface area contributed by atoms with Gasteiger partial charge in [-0.1, -0.05) is 17.7 Å². The fourth-order valence-corrected chi connectivity index (χ4v) is 3.67. The van der Waals surface area contributed by atoms with E-state index >= 15 is 0 Å². The highest BCUT2D eigenvalue weighted by Crippen LogP contribution is 2.36. The van der Waals surface area contributed by atoms with E-state index in [1.165, 1.54) is 6.92 Å². The number of aromatic nitrogens is 2. The molecule has 4 aromatic rings. The number of nitrogens with zero attached hydrogens (tertiary/aromatic N) is 2. The molecule has 0 aliphatic heterocycles. The number of rotatable bonds is 8. The smallest absolute Gasteiger partial charge is 0.344 e. The Morgan fingerprint density at radius 1 is 1.15 bits per heavy atom. The molecule has 33 heavy (non-hydrogen) atoms. The van der Waals surface area contributed by atoms with Crippen LogP contribution in [0, 0.1) is 6.92 Å². The molecule has 0 radical (unpaired) electrons. The third-order valence-electron chi connectivity index (χ3n) is 5.29. The second-order valence-corrected chi connectivity index (χ2v) is 7.92. The minimum Gasteiger partial charge on any atom is -0.497 e. The van der Waals surface area contributed by atoms with E-state index in [-0.39, 0.29) is 0 Å². The van der Waals surface area contributed by atoms with Gasteiger partial charge in [-0.2, -0.15) is 0 Å². The number of hydrogen-bond donors (Lipinski definition) is 1. The van der Waals surface area contributed by atoms with Gasteiger partial charge < -0.3 is 23.9 Å². The van der Waals surface area contributed by atoms with Gasteiger partial charge in [0.15, 0.2) is 11.9 Å². The summed E-state index contributed by atoms with van der Waals surface area (Å²) in [5.41, 5.74) is 2.55. The van der Waals surface area contributed by atoms with Gasteiger partial charge in [-0.3, -0.25) is 0 Å². The molecule has 0 amide bonds. The second-order valence-electron chi connectivity index (χ2n) is 7.52. The topological polar surface area (TPSA) is 82.8 Å². The Morgan fingerprint density at radius 2 is 1.88 bits per heavy atom. The lowest BCUT2D eigenvalue weighted by Crippen LogP contribution is -2.23. The van der Waals surface area contributed by atoms with E-state index in [0.717, 1.165) is 28.0 Å². The summed E-state index contributed by atoms with van der Waals surface area (Å²) in [6.45, 7) is 3.91. The van der Waals surface area contributed by atoms with Crippen molar-refractivity contribution in [1.29, 1.82) is 0 Å². The minimum atomic E-state index is -1.06. The Morgan fingerprint density at radius 3 is 2.58 bits per heavy atom. The van der Waals surface area contributed by atoms with Crippen LogP contribution in [0.5, 0.6) is 23.0 Å². The van der Waals surface area contributed by atoms with Crippen molar-refractivity contribution >= 4 is 28.6 Å². The minimum absolute atomic E-state index is 0.320. The third-order valence-corrected chi connectivity index (χ3v) is 5.60. The number of hydrogen-bond acceptors (Lipinski definition) is 5. The lowest BCUT2D eigenvalue weighted by Gasteiger charge is -2.14. The molecule has 1 unspecified atom stereocenters. The van der Waals surface area contributed by atoms with Crippen molar-refractivity contribution in [3.8, 4) is 23.0 Å². The summed E-state index contributed by atoms with van der Waals surface area (Å²) >= 11 is 6.22. The first-order chi connectivity index (χ1) is 15.9. The van der Waals surface area contributed by atoms with E-state index in [4.69, 9.17) is 30.9 Å². The van der Waals surface area contributed by atoms with Crippen LogP contribution in [0.4, 0.5) is 0 Å². The zero-order valence-corrected chi connectivity index (χ0v) is 19.2. The molecule has 4 rings (SSSR count). The molecule has 170 valence electrons. The van der Waals surface area contributed by atoms with Crippen molar-refractivity contribution in [2.75, 3.05) is 7.11 Å². The quantitative estimate of drug-likeness (QED) is 0.358. The van der Waals surface area contributed by atoms with E-state index in [1.807, 2.05) is 54.0 Å². The fourth-order valence-electron chi connectivity index (χ4n) is 3.51. The number of ether oxygens (including phenoxy) is 3. The number of carboxylic acid groups (broad SMARTS) is 1. The van der Waals surface area contributed by atoms with E-state index < -0.39 is 12.1 Å². The number of carbonyl (C=O) groups is 1. The van der Waals surface area contributed by atoms with Crippen LogP contribution in [0.1, 0.15) is 18.2 Å². The number of pyridine rings is 1. The van der Waals surface area contributed by atoms with Gasteiger partial charge in [0.1, 0.15) is 22.9 Å². The number of carboxylic acids is 1. The zero-order chi connectivity index (χ0) is 23.5. The summed E-state index contributed by atoms with van der Waals surface area (Å²) in [6, 6.07) is 16.5. The Bertz CT molecular complexity index is 1300. The first kappa shape index (κ1) is 22.5. The summed E-state index contributed by atoms with van der Waals surface area (Å²) < 4.78 is 19.0. The second kappa shape index (κ2) is 9.42. The molecule has 0 spiro atoms. The van der Waals surface area contributed by atoms with Crippen LogP contribution < -0.4 is 14.2 Å². The molecular formula is C25H23ClN2O5. The highest BCUT2D eigenvalue weighted by Gasteiger charge is 2.19. The predicted molar refractivity (Wildman–Crippen MR) is 126 cm³/mol. The van der Waals surface area contributed by atoms with E-state index in [2.05, 4.69) is 4.98 Å². The van der Waals surface area contributed by atoms with Gasteiger partial charge >= 0.3 is 5.97 Å². The normalized spacial score (nSPS) is 11.9. The van der Waals surface area contributed by atoms with Crippen LogP contribution in [0.15, 0.2) is 60.8 Å². The molecule has 0 saturated carbocycles. The van der Waals surface area contributed by atoms with Crippen LogP contribution in [0.25, 0.3) is 11.0 Å². The molecule has 0 fully saturated rings. The van der Waals surface area contributed by atoms with Crippen molar-refractivity contribution in [2.45, 2.75) is 26.5 Å². The van der Waals surface area contributed by atoms with Crippen molar-refractivity contribution < 1.29 is 24.1 Å². The highest BCUT2D eigenvalue weighted by atomic mass is 35.5. The number of aliphatic carboxylic acids is 1. The molecule has 1 atom stereocenters. The molecule has 7 nitrogen and oxygen atoms in total. The average molecular weight is 467 g/mol. The molecule has 2 aromatic heterocycles. The summed E-state index contributed by atoms with van der Waals surface area (Å²) in [5, 5.41) is 10.4. The Kier molecular flexibility index (Phi) is 6.42. The van der Waals surface area contributed by atoms with Crippen molar-refractivity contribution in [2.24, 2.45) is 0 Å². The zero-order valence-electron chi connectivity index (χ0n) is 18.4. The standard InChI is InChI=1S/C25H23ClN2O5/c1-15-23(33-19-9-7-18(31-3)8-10-19)20-5-4-12-27-24(20)28(15)14-17-6-11-21(26)22(13-17)32-16(2)25(29)30/h4-13,16H,14H2,1-3H3,(H,29,30). The maximum Gasteiger partial charge on any atom is 0.344 e. The van der Waals surface area contributed by atoms with Crippen LogP contribution >= 0.6 is 11.6 Å². The van der Waals surface area contributed by atoms with Gasteiger partial charge in [0.25, 0.3) is 0 Å². The van der Waals surface area contributed by atoms with Crippen molar-refractivity contribution in [3.05, 3.63) is 77.1 Å². The Labute approximate surface area is 196 Å². The Hall–Kier alpha value is -3.71. The largest absolute Gasteiger partial charge is 0.497 e. The molecule has 2 heterocycles. The monoisotopic (exact) mass is 466 g/mol. The molecule has 0 saturated heterocycles. The van der Waals surface area contributed by atoms with Crippen LogP contribution in [0.3, 0.4) is 0 Å². The van der Waals surface area contributed by atoms with Gasteiger partial charge in [0.2, 0.25) is 0 Å². The van der Waals surface area contributed by atoms with Gasteiger partial charge in [-0.05, 0) is 67.9 Å². The molecule has 0 aliphatic rings. The first-order valence-electron chi connectivity index (χ1n) is 10.3. The lowest BCUT2D eigenvalue weighted by molar-refractivity contribution is -0.144. The van der Waals surface area contributed by atoms with Gasteiger partial charge in [-0.15, -0.1) is 0 Å². The molecule has 8 heteroatoms. The molecule has 1 N–H and O–H groups in total. The number of benzene rings is 2. The highest BCUT2D eigenvalue weighted by molar-refractivity contribution is 6.32. The molecule has 0 aliphatic carbocycles. The summed E-state index contributed by atoms with van der Waals surface area (Å²) in [6.07, 6.45) is 0.721. The van der Waals surface area contributed by atoms with Crippen LogP contribution in [0.2, 0.25) is 5.02 Å². The predicted octanol–water partition coefficient (Wildman–Crippen LogP) is 5.70. The third kappa shape index (κ3) is 4.73. The number of halogens is 1. The van der Waals surface area contributed by atoms with Crippen LogP contribution in [-0.4, -0.2) is 33.8 Å². The number of fused-ring (bicyclic) bond motifs is 1. The van der Waals surface area contributed by atoms with Gasteiger partial charge in [0.05, 0.1) is 23.2 Å². The average Bonchev–Trinajstić information content (AvgIpc) is 3.07. The first-order valence-corrected chi connectivity index (χ1v) is 10.7. The maximum absolute atomic E-state index is 11.2. The lowest BCUT2D eigenvalue weighted by atomic mass is 10.2. The van der Waals surface area contributed by atoms with E-state index in [9.17, 15) is 4.79 Å². The summed E-state index contributed by atoms with van der Waals surface area (Å²) in [5.74, 6) is 1.41. The molecule has 0 bridgehead atoms. The van der Waals surface area contributed by atoms with E-state index in [0.29, 0.717) is 28.8 Å². The van der Waals surface area contributed by atoms with E-state index in [1.54, 1.807) is 25.4 Å². The van der Waals surface area contributed by atoms with Gasteiger partial charge in [0, 0.05) is 12.7 Å². The SMILES string of the molecule is COc1ccc(Oc2c(C)n(Cc3ccc(Cl)c(OC(C)C(=O)O)c3)c3ncccc23)cc1. The summed E-state index contributed by atoms with van der Waals surface area (Å²) in [4.78, 5) is 15.7. The number of methoxy groups -OCH3 is 1. The fraction of sp³-hybridized carbons (Fsp3) is 0.200. The molecular weight excluding hydrogens is 444 g/mol. The Balaban J connectivity index is 1.69. The van der Waals surface area contributed by atoms with Crippen molar-refractivity contribution in [3.63, 3.8) is 0 Å². The maximum atomic E-state index is 11.2.